The van der Waals surface area contributed by atoms with Gasteiger partial charge in [0.2, 0.25) is 0 Å². The van der Waals surface area contributed by atoms with Crippen molar-refractivity contribution in [3.05, 3.63) is 53.7 Å². The third-order valence-electron chi connectivity index (χ3n) is 4.93. The van der Waals surface area contributed by atoms with E-state index in [0.717, 1.165) is 41.8 Å². The Balaban J connectivity index is 1.88. The Morgan fingerprint density at radius 3 is 2.83 bits per heavy atom. The summed E-state index contributed by atoms with van der Waals surface area (Å²) in [4.78, 5) is 19.3. The molecule has 4 nitrogen and oxygen atoms in total. The highest BCUT2D eigenvalue weighted by atomic mass is 16.3. The SMILES string of the molecule is Cc1c(C(=O)N2CCCC(C(C)O)C2)cccc1-c1ccccn1. The van der Waals surface area contributed by atoms with Crippen LogP contribution in [0.5, 0.6) is 0 Å². The number of hydrogen-bond donors (Lipinski definition) is 1. The number of nitrogens with zero attached hydrogens (tertiary/aromatic N) is 2. The lowest BCUT2D eigenvalue weighted by atomic mass is 9.92. The summed E-state index contributed by atoms with van der Waals surface area (Å²) < 4.78 is 0. The number of carbonyl (C=O) groups excluding carboxylic acids is 1. The van der Waals surface area contributed by atoms with Crippen molar-refractivity contribution in [2.75, 3.05) is 13.1 Å². The highest BCUT2D eigenvalue weighted by molar-refractivity contribution is 5.97. The number of likely N-dealkylation sites (tertiary alicyclic amines) is 1. The molecule has 1 aliphatic rings. The molecule has 0 bridgehead atoms. The number of hydrogen-bond acceptors (Lipinski definition) is 3. The van der Waals surface area contributed by atoms with Gasteiger partial charge in [0, 0.05) is 36.3 Å². The Morgan fingerprint density at radius 1 is 1.29 bits per heavy atom. The number of amides is 1. The summed E-state index contributed by atoms with van der Waals surface area (Å²) in [6.45, 7) is 5.18. The fourth-order valence-corrected chi connectivity index (χ4v) is 3.43. The maximum atomic E-state index is 13.0. The van der Waals surface area contributed by atoms with E-state index in [9.17, 15) is 9.90 Å². The fraction of sp³-hybridized carbons (Fsp3) is 0.400. The molecule has 0 saturated carbocycles. The van der Waals surface area contributed by atoms with Gasteiger partial charge in [-0.1, -0.05) is 18.2 Å². The molecule has 1 aliphatic heterocycles. The quantitative estimate of drug-likeness (QED) is 0.942. The van der Waals surface area contributed by atoms with E-state index >= 15 is 0 Å². The molecule has 1 aromatic carbocycles. The maximum Gasteiger partial charge on any atom is 0.254 e. The van der Waals surface area contributed by atoms with Crippen molar-refractivity contribution >= 4 is 5.91 Å². The Bertz CT molecular complexity index is 713. The first-order valence-electron chi connectivity index (χ1n) is 8.56. The summed E-state index contributed by atoms with van der Waals surface area (Å²) >= 11 is 0. The van der Waals surface area contributed by atoms with Crippen molar-refractivity contribution in [2.24, 2.45) is 5.92 Å². The molecule has 24 heavy (non-hydrogen) atoms. The first-order chi connectivity index (χ1) is 11.6. The standard InChI is InChI=1S/C20H24N2O2/c1-14-17(19-10-3-4-11-21-19)8-5-9-18(14)20(24)22-12-6-7-16(13-22)15(2)23/h3-5,8-11,15-16,23H,6-7,12-13H2,1-2H3. The maximum absolute atomic E-state index is 13.0. The summed E-state index contributed by atoms with van der Waals surface area (Å²) in [5, 5.41) is 9.85. The van der Waals surface area contributed by atoms with Crippen LogP contribution in [0.15, 0.2) is 42.6 Å². The Hall–Kier alpha value is -2.20. The van der Waals surface area contributed by atoms with Crippen LogP contribution in [0.3, 0.4) is 0 Å². The molecule has 2 heterocycles. The van der Waals surface area contributed by atoms with Gasteiger partial charge in [0.05, 0.1) is 11.8 Å². The van der Waals surface area contributed by atoms with Gasteiger partial charge in [0.15, 0.2) is 0 Å². The van der Waals surface area contributed by atoms with E-state index < -0.39 is 0 Å². The smallest absolute Gasteiger partial charge is 0.254 e. The molecular weight excluding hydrogens is 300 g/mol. The molecule has 0 spiro atoms. The first-order valence-corrected chi connectivity index (χ1v) is 8.56. The molecule has 2 aromatic rings. The van der Waals surface area contributed by atoms with E-state index in [-0.39, 0.29) is 17.9 Å². The molecule has 1 saturated heterocycles. The van der Waals surface area contributed by atoms with Gasteiger partial charge in [-0.3, -0.25) is 9.78 Å². The minimum atomic E-state index is -0.374. The molecule has 4 heteroatoms. The number of rotatable bonds is 3. The van der Waals surface area contributed by atoms with Gasteiger partial charge >= 0.3 is 0 Å². The number of aromatic nitrogens is 1. The van der Waals surface area contributed by atoms with E-state index in [2.05, 4.69) is 4.98 Å². The van der Waals surface area contributed by atoms with E-state index in [1.807, 2.05) is 55.1 Å². The van der Waals surface area contributed by atoms with E-state index in [0.29, 0.717) is 6.54 Å². The van der Waals surface area contributed by atoms with Crippen molar-refractivity contribution in [1.29, 1.82) is 0 Å². The van der Waals surface area contributed by atoms with Crippen LogP contribution in [0.1, 0.15) is 35.7 Å². The summed E-state index contributed by atoms with van der Waals surface area (Å²) in [5.74, 6) is 0.220. The largest absolute Gasteiger partial charge is 0.393 e. The number of aliphatic hydroxyl groups is 1. The van der Waals surface area contributed by atoms with Gasteiger partial charge in [0.25, 0.3) is 5.91 Å². The van der Waals surface area contributed by atoms with Crippen molar-refractivity contribution in [2.45, 2.75) is 32.8 Å². The molecule has 1 N–H and O–H groups in total. The minimum Gasteiger partial charge on any atom is -0.393 e. The van der Waals surface area contributed by atoms with Gasteiger partial charge in [-0.15, -0.1) is 0 Å². The second kappa shape index (κ2) is 7.14. The van der Waals surface area contributed by atoms with Crippen LogP contribution >= 0.6 is 0 Å². The van der Waals surface area contributed by atoms with Crippen LogP contribution in [-0.4, -0.2) is 40.1 Å². The van der Waals surface area contributed by atoms with Crippen LogP contribution in [0.4, 0.5) is 0 Å². The van der Waals surface area contributed by atoms with Gasteiger partial charge in [0.1, 0.15) is 0 Å². The average molecular weight is 324 g/mol. The molecule has 2 atom stereocenters. The van der Waals surface area contributed by atoms with Crippen LogP contribution in [0.25, 0.3) is 11.3 Å². The monoisotopic (exact) mass is 324 g/mol. The topological polar surface area (TPSA) is 53.4 Å². The van der Waals surface area contributed by atoms with Gasteiger partial charge in [-0.05, 0) is 50.5 Å². The predicted molar refractivity (Wildman–Crippen MR) is 94.7 cm³/mol. The molecule has 1 amide bonds. The van der Waals surface area contributed by atoms with Crippen LogP contribution in [-0.2, 0) is 0 Å². The molecule has 126 valence electrons. The summed E-state index contributed by atoms with van der Waals surface area (Å²) in [6, 6.07) is 11.6. The highest BCUT2D eigenvalue weighted by Crippen LogP contribution is 2.27. The lowest BCUT2D eigenvalue weighted by Gasteiger charge is -2.34. The molecule has 0 radical (unpaired) electrons. The number of benzene rings is 1. The number of carbonyl (C=O) groups is 1. The summed E-state index contributed by atoms with van der Waals surface area (Å²) in [7, 11) is 0. The van der Waals surface area contributed by atoms with Crippen LogP contribution in [0, 0.1) is 12.8 Å². The highest BCUT2D eigenvalue weighted by Gasteiger charge is 2.28. The lowest BCUT2D eigenvalue weighted by Crippen LogP contribution is -2.43. The predicted octanol–water partition coefficient (Wildman–Crippen LogP) is 3.29. The Kier molecular flexibility index (Phi) is 4.95. The minimum absolute atomic E-state index is 0.0515. The zero-order valence-corrected chi connectivity index (χ0v) is 14.3. The molecule has 3 rings (SSSR count). The normalized spacial score (nSPS) is 19.1. The zero-order chi connectivity index (χ0) is 17.1. The van der Waals surface area contributed by atoms with Crippen molar-refractivity contribution < 1.29 is 9.90 Å². The third kappa shape index (κ3) is 3.34. The molecule has 2 unspecified atom stereocenters. The van der Waals surface area contributed by atoms with Crippen LogP contribution < -0.4 is 0 Å². The summed E-state index contributed by atoms with van der Waals surface area (Å²) in [5.41, 5.74) is 3.56. The van der Waals surface area contributed by atoms with Gasteiger partial charge in [-0.25, -0.2) is 0 Å². The average Bonchev–Trinajstić information content (AvgIpc) is 2.62. The fourth-order valence-electron chi connectivity index (χ4n) is 3.43. The molecule has 0 aliphatic carbocycles. The molecular formula is C20H24N2O2. The first kappa shape index (κ1) is 16.7. The number of pyridine rings is 1. The van der Waals surface area contributed by atoms with Gasteiger partial charge < -0.3 is 10.0 Å². The second-order valence-electron chi connectivity index (χ2n) is 6.59. The van der Waals surface area contributed by atoms with E-state index in [4.69, 9.17) is 0 Å². The van der Waals surface area contributed by atoms with E-state index in [1.165, 1.54) is 0 Å². The molecule has 1 aromatic heterocycles. The third-order valence-corrected chi connectivity index (χ3v) is 4.93. The van der Waals surface area contributed by atoms with Crippen molar-refractivity contribution in [1.82, 2.24) is 9.88 Å². The van der Waals surface area contributed by atoms with Crippen molar-refractivity contribution in [3.8, 4) is 11.3 Å². The molecule has 1 fully saturated rings. The Labute approximate surface area is 143 Å². The lowest BCUT2D eigenvalue weighted by molar-refractivity contribution is 0.0465. The Morgan fingerprint density at radius 2 is 2.12 bits per heavy atom. The second-order valence-corrected chi connectivity index (χ2v) is 6.59. The van der Waals surface area contributed by atoms with Crippen LogP contribution in [0.2, 0.25) is 0 Å². The number of piperidine rings is 1. The zero-order valence-electron chi connectivity index (χ0n) is 14.3. The van der Waals surface area contributed by atoms with Crippen molar-refractivity contribution in [3.63, 3.8) is 0 Å². The number of aliphatic hydroxyl groups excluding tert-OH is 1. The van der Waals surface area contributed by atoms with E-state index in [1.54, 1.807) is 6.20 Å². The summed E-state index contributed by atoms with van der Waals surface area (Å²) in [6.07, 6.45) is 3.32. The van der Waals surface area contributed by atoms with Gasteiger partial charge in [-0.2, -0.15) is 0 Å².